The number of urea groups is 1. The third-order valence-electron chi connectivity index (χ3n) is 14.8. The number of allylic oxidation sites excluding steroid dienone is 2. The molecule has 4 fully saturated rings. The molecule has 1 aromatic carbocycles. The van der Waals surface area contributed by atoms with Gasteiger partial charge in [-0.2, -0.15) is 0 Å². The molecule has 8 amide bonds. The van der Waals surface area contributed by atoms with Crippen LogP contribution in [0.2, 0.25) is 0 Å². The Morgan fingerprint density at radius 3 is 2.29 bits per heavy atom. The summed E-state index contributed by atoms with van der Waals surface area (Å²) in [6.45, 7) is 15.6. The predicted octanol–water partition coefficient (Wildman–Crippen LogP) is 5.52. The first-order chi connectivity index (χ1) is 38.1. The van der Waals surface area contributed by atoms with E-state index in [4.69, 9.17) is 29.4 Å². The van der Waals surface area contributed by atoms with Crippen molar-refractivity contribution < 1.29 is 67.1 Å². The molecule has 11 atom stereocenters. The van der Waals surface area contributed by atoms with Gasteiger partial charge in [-0.25, -0.2) is 19.6 Å². The summed E-state index contributed by atoms with van der Waals surface area (Å²) >= 11 is 0. The molecule has 80 heavy (non-hydrogen) atoms. The number of hydrogen-bond donors (Lipinski definition) is 7. The lowest BCUT2D eigenvalue weighted by atomic mass is 9.87. The molecule has 444 valence electrons. The van der Waals surface area contributed by atoms with Crippen molar-refractivity contribution in [1.82, 2.24) is 31.3 Å². The minimum absolute atomic E-state index is 0.0585. The number of carbonyl (C=O) groups excluding carboxylic acids is 8. The van der Waals surface area contributed by atoms with Crippen molar-refractivity contribution in [2.24, 2.45) is 17.6 Å². The Balaban J connectivity index is 1.11. The van der Waals surface area contributed by atoms with Crippen LogP contribution in [0.5, 0.6) is 0 Å². The number of nitrogens with zero attached hydrogens (tertiary/aromatic N) is 2. The number of unbranched alkanes of at least 4 members (excludes halogenated alkanes) is 3. The molecular formula is C58H88N8O14. The van der Waals surface area contributed by atoms with Crippen molar-refractivity contribution in [3.63, 3.8) is 0 Å². The first-order valence-electron chi connectivity index (χ1n) is 28.5. The van der Waals surface area contributed by atoms with Gasteiger partial charge in [0.25, 0.3) is 0 Å². The first-order valence-corrected chi connectivity index (χ1v) is 28.5. The number of hydrazine groups is 1. The third kappa shape index (κ3) is 20.6. The molecule has 22 nitrogen and oxygen atoms in total. The van der Waals surface area contributed by atoms with Crippen LogP contribution in [-0.4, -0.2) is 149 Å². The van der Waals surface area contributed by atoms with Gasteiger partial charge in [0.15, 0.2) is 0 Å². The third-order valence-corrected chi connectivity index (χ3v) is 14.8. The van der Waals surface area contributed by atoms with Crippen LogP contribution in [0, 0.1) is 11.8 Å². The molecule has 0 saturated carbocycles. The Hall–Kier alpha value is -6.36. The molecule has 4 saturated heterocycles. The molecule has 4 heterocycles. The van der Waals surface area contributed by atoms with Gasteiger partial charge in [0.2, 0.25) is 29.5 Å². The van der Waals surface area contributed by atoms with E-state index in [1.807, 2.05) is 33.8 Å². The van der Waals surface area contributed by atoms with Gasteiger partial charge < -0.3 is 61.1 Å². The van der Waals surface area contributed by atoms with E-state index in [1.54, 1.807) is 37.3 Å². The van der Waals surface area contributed by atoms with Crippen molar-refractivity contribution in [1.29, 1.82) is 0 Å². The van der Waals surface area contributed by atoms with Crippen LogP contribution in [0.3, 0.4) is 0 Å². The second-order valence-electron chi connectivity index (χ2n) is 22.0. The highest BCUT2D eigenvalue weighted by Gasteiger charge is 2.58. The van der Waals surface area contributed by atoms with Crippen LogP contribution in [-0.2, 0) is 59.1 Å². The van der Waals surface area contributed by atoms with Crippen LogP contribution in [0.25, 0.3) is 0 Å². The molecule has 0 radical (unpaired) electrons. The summed E-state index contributed by atoms with van der Waals surface area (Å²) in [5.74, 6) is -2.43. The monoisotopic (exact) mass is 1120 g/mol. The zero-order valence-corrected chi connectivity index (χ0v) is 48.0. The molecule has 0 bridgehead atoms. The van der Waals surface area contributed by atoms with Gasteiger partial charge in [-0.1, -0.05) is 82.9 Å². The Bertz CT molecular complexity index is 2360. The number of amides is 8. The average Bonchev–Trinajstić information content (AvgIpc) is 4.24. The number of rotatable bonds is 27. The lowest BCUT2D eigenvalue weighted by Gasteiger charge is -2.40. The van der Waals surface area contributed by atoms with E-state index in [0.717, 1.165) is 24.8 Å². The molecule has 4 aliphatic rings. The molecule has 0 aromatic heterocycles. The fraction of sp³-hybridized carbons (Fsp3) is 0.655. The van der Waals surface area contributed by atoms with E-state index >= 15 is 0 Å². The number of primary amides is 1. The van der Waals surface area contributed by atoms with Gasteiger partial charge >= 0.3 is 18.1 Å². The summed E-state index contributed by atoms with van der Waals surface area (Å²) in [5, 5.41) is 28.0. The SMILES string of the molecule is CCCCCCC(=O)N[C@H](C(=O)N[C@@H](CCCNC(N)=O)C(=O)Nc1ccc(COC(=O)N2CCCCN2C(=O)C[C@@H]2C[C@@]3(CO3)[C@H](O)[C@@H](/C=C/C(C)=C/C[C@@H]3O[C@H](C)[C@H](NC(=O)/C=C\[C@H](C)OC(C)=O)C[C@@H]3C)O2)cc1)C(C)C. The summed E-state index contributed by atoms with van der Waals surface area (Å²) in [6.07, 6.45) is 12.1. The molecule has 8 N–H and O–H groups in total. The molecule has 0 unspecified atom stereocenters. The highest BCUT2D eigenvalue weighted by atomic mass is 16.6. The lowest BCUT2D eigenvalue weighted by molar-refractivity contribution is -0.163. The summed E-state index contributed by atoms with van der Waals surface area (Å²) in [5.41, 5.74) is 6.31. The number of epoxide rings is 1. The quantitative estimate of drug-likeness (QED) is 0.0188. The molecule has 1 spiro atoms. The fourth-order valence-corrected chi connectivity index (χ4v) is 10.1. The molecule has 0 aliphatic carbocycles. The molecular weight excluding hydrogens is 1030 g/mol. The zero-order valence-electron chi connectivity index (χ0n) is 48.0. The summed E-state index contributed by atoms with van der Waals surface area (Å²) < 4.78 is 29.3. The maximum atomic E-state index is 14.0. The summed E-state index contributed by atoms with van der Waals surface area (Å²) in [7, 11) is 0. The lowest BCUT2D eigenvalue weighted by Crippen LogP contribution is -2.55. The van der Waals surface area contributed by atoms with E-state index in [1.165, 1.54) is 29.1 Å². The van der Waals surface area contributed by atoms with Gasteiger partial charge in [0, 0.05) is 51.2 Å². The fourth-order valence-electron chi connectivity index (χ4n) is 10.1. The minimum Gasteiger partial charge on any atom is -0.459 e. The number of nitrogens with one attached hydrogen (secondary N) is 5. The van der Waals surface area contributed by atoms with Crippen LogP contribution in [0.1, 0.15) is 144 Å². The number of nitrogens with two attached hydrogens (primary N) is 1. The molecule has 5 rings (SSSR count). The van der Waals surface area contributed by atoms with Crippen molar-refractivity contribution in [2.75, 3.05) is 31.6 Å². The highest BCUT2D eigenvalue weighted by molar-refractivity contribution is 5.98. The van der Waals surface area contributed by atoms with Gasteiger partial charge in [0.05, 0.1) is 37.4 Å². The number of esters is 1. The van der Waals surface area contributed by atoms with E-state index in [9.17, 15) is 43.5 Å². The standard InChI is InChI=1S/C58H88N8O14/c1-9-10-11-12-17-49(68)64-52(36(2)3)55(73)63-45(16-15-28-60-56(59)74)54(72)61-43-23-21-42(22-24-43)34-76-57(75)66-30-14-13-29-65(66)51(70)32-44-33-58(35-77-58)53(71)48(80-44)26-19-37(4)18-25-47-38(5)31-46(40(7)79-47)62-50(69)27-20-39(6)78-41(8)67/h18-24,26-27,36,38-40,44-48,52-53,71H,9-17,25,28-35H2,1-8H3,(H,61,72)(H,62,69)(H,63,73)(H,64,68)(H3,59,60,74)/b26-19+,27-20-,37-18+/t38-,39-,40+,44+,45-,46+,47-,48+,52-,53+,58+/m0/s1. The first kappa shape index (κ1) is 64.5. The van der Waals surface area contributed by atoms with Gasteiger partial charge in [-0.15, -0.1) is 0 Å². The van der Waals surface area contributed by atoms with Crippen molar-refractivity contribution in [3.8, 4) is 0 Å². The summed E-state index contributed by atoms with van der Waals surface area (Å²) in [6, 6.07) is 3.81. The van der Waals surface area contributed by atoms with E-state index in [-0.39, 0.29) is 80.3 Å². The Morgan fingerprint density at radius 1 is 0.912 bits per heavy atom. The maximum absolute atomic E-state index is 14.0. The molecule has 22 heteroatoms. The predicted molar refractivity (Wildman–Crippen MR) is 298 cm³/mol. The van der Waals surface area contributed by atoms with Crippen molar-refractivity contribution >= 4 is 53.3 Å². The second-order valence-corrected chi connectivity index (χ2v) is 22.0. The van der Waals surface area contributed by atoms with Crippen LogP contribution in [0.15, 0.2) is 60.2 Å². The zero-order chi connectivity index (χ0) is 58.5. The second kappa shape index (κ2) is 31.6. The number of hydrogen-bond acceptors (Lipinski definition) is 14. The number of anilines is 1. The Morgan fingerprint density at radius 2 is 1.62 bits per heavy atom. The Kier molecular flexibility index (Phi) is 25.5. The number of ether oxygens (including phenoxy) is 5. The van der Waals surface area contributed by atoms with Gasteiger partial charge in [-0.3, -0.25) is 28.8 Å². The van der Waals surface area contributed by atoms with Gasteiger partial charge in [0.1, 0.15) is 42.6 Å². The van der Waals surface area contributed by atoms with Crippen LogP contribution in [0.4, 0.5) is 15.3 Å². The van der Waals surface area contributed by atoms with Crippen molar-refractivity contribution in [2.45, 2.75) is 206 Å². The average molecular weight is 1120 g/mol. The van der Waals surface area contributed by atoms with Gasteiger partial charge in [-0.05, 0) is 101 Å². The smallest absolute Gasteiger partial charge is 0.429 e. The maximum Gasteiger partial charge on any atom is 0.429 e. The number of aliphatic hydroxyl groups is 1. The van der Waals surface area contributed by atoms with E-state index in [2.05, 4.69) is 46.5 Å². The number of aliphatic hydroxyl groups excluding tert-OH is 1. The van der Waals surface area contributed by atoms with Crippen LogP contribution < -0.4 is 32.3 Å². The largest absolute Gasteiger partial charge is 0.459 e. The normalized spacial score (nSPS) is 25.1. The highest BCUT2D eigenvalue weighted by Crippen LogP contribution is 2.43. The molecule has 1 aromatic rings. The van der Waals surface area contributed by atoms with E-state index < -0.39 is 72.0 Å². The topological polar surface area (TPSA) is 299 Å². The molecule has 4 aliphatic heterocycles. The number of benzene rings is 1. The van der Waals surface area contributed by atoms with E-state index in [0.29, 0.717) is 75.8 Å². The number of carbonyl (C=O) groups is 8. The van der Waals surface area contributed by atoms with Crippen molar-refractivity contribution in [3.05, 3.63) is 65.8 Å². The Labute approximate surface area is 471 Å². The summed E-state index contributed by atoms with van der Waals surface area (Å²) in [4.78, 5) is 103. The minimum atomic E-state index is -1.02. The van der Waals surface area contributed by atoms with Crippen LogP contribution >= 0.6 is 0 Å².